The number of benzene rings is 2. The molecule has 0 amide bonds. The molecular weight excluding hydrogens is 353 g/mol. The molecule has 0 aromatic heterocycles. The van der Waals surface area contributed by atoms with Gasteiger partial charge in [-0.25, -0.2) is 4.39 Å². The highest BCUT2D eigenvalue weighted by Crippen LogP contribution is 2.59. The fourth-order valence-electron chi connectivity index (χ4n) is 2.35. The standard InChI is InChI=1S/C17H9F7O/c18-13-14(16(21,22)17(23,24)15(13,19)20)25-12-8-4-7-11(9-12)10-5-2-1-3-6-10/h1-9H. The van der Waals surface area contributed by atoms with Crippen LogP contribution in [0.5, 0.6) is 5.75 Å². The quantitative estimate of drug-likeness (QED) is 0.624. The maximum absolute atomic E-state index is 13.6. The summed E-state index contributed by atoms with van der Waals surface area (Å²) in [7, 11) is 0. The number of hydrogen-bond donors (Lipinski definition) is 0. The summed E-state index contributed by atoms with van der Waals surface area (Å²) in [6.07, 6.45) is 0. The van der Waals surface area contributed by atoms with Crippen LogP contribution in [-0.2, 0) is 0 Å². The van der Waals surface area contributed by atoms with E-state index in [1.807, 2.05) is 0 Å². The number of alkyl halides is 6. The van der Waals surface area contributed by atoms with E-state index in [1.54, 1.807) is 36.4 Å². The van der Waals surface area contributed by atoms with Crippen LogP contribution in [0.3, 0.4) is 0 Å². The van der Waals surface area contributed by atoms with Crippen molar-refractivity contribution >= 4 is 0 Å². The molecule has 0 saturated carbocycles. The average Bonchev–Trinajstić information content (AvgIpc) is 2.67. The average molecular weight is 362 g/mol. The van der Waals surface area contributed by atoms with Gasteiger partial charge in [0.1, 0.15) is 5.75 Å². The lowest BCUT2D eigenvalue weighted by atomic mass is 10.1. The Kier molecular flexibility index (Phi) is 3.81. The van der Waals surface area contributed by atoms with Crippen molar-refractivity contribution in [2.24, 2.45) is 0 Å². The molecule has 25 heavy (non-hydrogen) atoms. The summed E-state index contributed by atoms with van der Waals surface area (Å²) in [6, 6.07) is 13.6. The molecule has 1 aliphatic rings. The van der Waals surface area contributed by atoms with Crippen molar-refractivity contribution in [1.29, 1.82) is 0 Å². The van der Waals surface area contributed by atoms with Gasteiger partial charge in [-0.2, -0.15) is 26.3 Å². The molecule has 3 rings (SSSR count). The first-order chi connectivity index (χ1) is 11.6. The normalized spacial score (nSPS) is 20.6. The molecule has 0 unspecified atom stereocenters. The van der Waals surface area contributed by atoms with Crippen molar-refractivity contribution in [3.8, 4) is 16.9 Å². The Morgan fingerprint density at radius 2 is 1.28 bits per heavy atom. The van der Waals surface area contributed by atoms with Crippen LogP contribution < -0.4 is 4.74 Å². The molecule has 2 aromatic carbocycles. The predicted octanol–water partition coefficient (Wildman–Crippen LogP) is 5.83. The van der Waals surface area contributed by atoms with E-state index in [1.165, 1.54) is 6.07 Å². The molecule has 0 saturated heterocycles. The van der Waals surface area contributed by atoms with E-state index >= 15 is 0 Å². The molecule has 1 aliphatic carbocycles. The van der Waals surface area contributed by atoms with Crippen LogP contribution in [0.1, 0.15) is 0 Å². The maximum Gasteiger partial charge on any atom is 0.386 e. The van der Waals surface area contributed by atoms with Gasteiger partial charge < -0.3 is 4.74 Å². The maximum atomic E-state index is 13.6. The van der Waals surface area contributed by atoms with Gasteiger partial charge in [-0.3, -0.25) is 0 Å². The summed E-state index contributed by atoms with van der Waals surface area (Å²) in [5.41, 5.74) is 1.08. The van der Waals surface area contributed by atoms with Gasteiger partial charge >= 0.3 is 17.8 Å². The van der Waals surface area contributed by atoms with Crippen LogP contribution in [0, 0.1) is 0 Å². The van der Waals surface area contributed by atoms with Gasteiger partial charge in [0, 0.05) is 0 Å². The fraction of sp³-hybridized carbons (Fsp3) is 0.176. The van der Waals surface area contributed by atoms with Gasteiger partial charge in [0.2, 0.25) is 11.6 Å². The summed E-state index contributed by atoms with van der Waals surface area (Å²) in [4.78, 5) is 0. The van der Waals surface area contributed by atoms with Crippen molar-refractivity contribution in [2.45, 2.75) is 17.8 Å². The third-order valence-electron chi connectivity index (χ3n) is 3.71. The van der Waals surface area contributed by atoms with Gasteiger partial charge in [-0.15, -0.1) is 0 Å². The van der Waals surface area contributed by atoms with Gasteiger partial charge in [0.25, 0.3) is 0 Å². The van der Waals surface area contributed by atoms with Crippen LogP contribution in [-0.4, -0.2) is 17.8 Å². The highest BCUT2D eigenvalue weighted by molar-refractivity contribution is 5.65. The Hall–Kier alpha value is -2.51. The van der Waals surface area contributed by atoms with Gasteiger partial charge in [0.15, 0.2) is 0 Å². The molecule has 0 N–H and O–H groups in total. The first kappa shape index (κ1) is 17.3. The molecule has 0 radical (unpaired) electrons. The molecule has 0 fully saturated rings. The lowest BCUT2D eigenvalue weighted by Gasteiger charge is -2.24. The Morgan fingerprint density at radius 3 is 1.84 bits per heavy atom. The number of hydrogen-bond acceptors (Lipinski definition) is 1. The van der Waals surface area contributed by atoms with E-state index < -0.39 is 35.1 Å². The third kappa shape index (κ3) is 2.47. The van der Waals surface area contributed by atoms with Gasteiger partial charge in [0.05, 0.1) is 0 Å². The summed E-state index contributed by atoms with van der Waals surface area (Å²) in [5, 5.41) is 0. The molecule has 8 heteroatoms. The summed E-state index contributed by atoms with van der Waals surface area (Å²) >= 11 is 0. The lowest BCUT2D eigenvalue weighted by molar-refractivity contribution is -0.272. The summed E-state index contributed by atoms with van der Waals surface area (Å²) < 4.78 is 97.8. The van der Waals surface area contributed by atoms with Crippen molar-refractivity contribution < 1.29 is 35.5 Å². The van der Waals surface area contributed by atoms with Crippen LogP contribution in [0.4, 0.5) is 30.7 Å². The van der Waals surface area contributed by atoms with Crippen LogP contribution >= 0.6 is 0 Å². The molecule has 0 bridgehead atoms. The zero-order valence-corrected chi connectivity index (χ0v) is 12.3. The zero-order valence-electron chi connectivity index (χ0n) is 12.3. The Balaban J connectivity index is 1.99. The van der Waals surface area contributed by atoms with E-state index in [0.717, 1.165) is 12.1 Å². The molecule has 0 aliphatic heterocycles. The minimum Gasteiger partial charge on any atom is -0.452 e. The minimum absolute atomic E-state index is 0.443. The first-order valence-corrected chi connectivity index (χ1v) is 6.96. The second kappa shape index (κ2) is 5.50. The first-order valence-electron chi connectivity index (χ1n) is 6.96. The second-order valence-corrected chi connectivity index (χ2v) is 5.36. The van der Waals surface area contributed by atoms with Crippen LogP contribution in [0.2, 0.25) is 0 Å². The largest absolute Gasteiger partial charge is 0.452 e. The number of allylic oxidation sites excluding steroid dienone is 2. The van der Waals surface area contributed by atoms with E-state index in [0.29, 0.717) is 11.1 Å². The van der Waals surface area contributed by atoms with Crippen LogP contribution in [0.15, 0.2) is 66.2 Å². The van der Waals surface area contributed by atoms with Crippen molar-refractivity contribution in [3.05, 3.63) is 66.2 Å². The highest BCUT2D eigenvalue weighted by atomic mass is 19.3. The summed E-state index contributed by atoms with van der Waals surface area (Å²) in [5.74, 6) is -22.9. The Morgan fingerprint density at radius 1 is 0.680 bits per heavy atom. The van der Waals surface area contributed by atoms with Crippen molar-refractivity contribution in [2.75, 3.05) is 0 Å². The topological polar surface area (TPSA) is 9.23 Å². The molecule has 132 valence electrons. The SMILES string of the molecule is FC1=C(Oc2cccc(-c3ccccc3)c2)C(F)(F)C(F)(F)C1(F)F. The Labute approximate surface area is 137 Å². The molecule has 0 spiro atoms. The molecule has 1 nitrogen and oxygen atoms in total. The highest BCUT2D eigenvalue weighted by Gasteiger charge is 2.82. The molecule has 0 atom stereocenters. The van der Waals surface area contributed by atoms with E-state index in [9.17, 15) is 30.7 Å². The second-order valence-electron chi connectivity index (χ2n) is 5.36. The predicted molar refractivity (Wildman–Crippen MR) is 75.5 cm³/mol. The number of rotatable bonds is 3. The smallest absolute Gasteiger partial charge is 0.386 e. The lowest BCUT2D eigenvalue weighted by Crippen LogP contribution is -2.49. The molecule has 0 heterocycles. The van der Waals surface area contributed by atoms with E-state index in [-0.39, 0.29) is 0 Å². The monoisotopic (exact) mass is 362 g/mol. The zero-order chi connectivity index (χ0) is 18.5. The number of ether oxygens (including phenoxy) is 1. The van der Waals surface area contributed by atoms with Crippen molar-refractivity contribution in [3.63, 3.8) is 0 Å². The van der Waals surface area contributed by atoms with E-state index in [4.69, 9.17) is 0 Å². The molecule has 2 aromatic rings. The minimum atomic E-state index is -5.92. The van der Waals surface area contributed by atoms with Crippen molar-refractivity contribution in [1.82, 2.24) is 0 Å². The number of halogens is 7. The van der Waals surface area contributed by atoms with E-state index in [2.05, 4.69) is 4.74 Å². The third-order valence-corrected chi connectivity index (χ3v) is 3.71. The van der Waals surface area contributed by atoms with Crippen LogP contribution in [0.25, 0.3) is 11.1 Å². The Bertz CT molecular complexity index is 828. The fourth-order valence-corrected chi connectivity index (χ4v) is 2.35. The summed E-state index contributed by atoms with van der Waals surface area (Å²) in [6.45, 7) is 0. The molecular formula is C17H9F7O. The van der Waals surface area contributed by atoms with Gasteiger partial charge in [-0.1, -0.05) is 42.5 Å². The van der Waals surface area contributed by atoms with Gasteiger partial charge in [-0.05, 0) is 23.3 Å².